The first-order chi connectivity index (χ1) is 19.1. The Balaban J connectivity index is 1.57. The number of hydrogen-bond acceptors (Lipinski definition) is 7. The monoisotopic (exact) mass is 563 g/mol. The fourth-order valence-corrected chi connectivity index (χ4v) is 4.94. The first kappa shape index (κ1) is 27.1. The van der Waals surface area contributed by atoms with Gasteiger partial charge in [-0.1, -0.05) is 36.2 Å². The summed E-state index contributed by atoms with van der Waals surface area (Å²) in [7, 11) is 0. The Morgan fingerprint density at radius 1 is 1.25 bits per heavy atom. The first-order valence-electron chi connectivity index (χ1n) is 12.7. The molecule has 0 radical (unpaired) electrons. The molecule has 5 N–H and O–H groups in total. The number of halogens is 2. The largest absolute Gasteiger partial charge is 0.478 e. The number of carboxylic acids is 1. The van der Waals surface area contributed by atoms with Gasteiger partial charge in [0.1, 0.15) is 5.69 Å². The quantitative estimate of drug-likeness (QED) is 0.234. The van der Waals surface area contributed by atoms with Gasteiger partial charge in [0.15, 0.2) is 11.6 Å². The molecule has 1 amide bonds. The average Bonchev–Trinajstić information content (AvgIpc) is 3.28. The summed E-state index contributed by atoms with van der Waals surface area (Å²) in [5, 5.41) is 24.3. The van der Waals surface area contributed by atoms with E-state index in [0.717, 1.165) is 0 Å². The molecule has 0 unspecified atom stereocenters. The van der Waals surface area contributed by atoms with E-state index < -0.39 is 11.8 Å². The highest BCUT2D eigenvalue weighted by atomic mass is 35.5. The molecule has 12 heteroatoms. The third-order valence-electron chi connectivity index (χ3n) is 7.07. The van der Waals surface area contributed by atoms with Crippen molar-refractivity contribution in [2.75, 3.05) is 16.4 Å². The van der Waals surface area contributed by atoms with Crippen LogP contribution < -0.4 is 16.4 Å². The lowest BCUT2D eigenvalue weighted by Crippen LogP contribution is -2.22. The molecule has 2 atom stereocenters. The van der Waals surface area contributed by atoms with Crippen LogP contribution in [0.15, 0.2) is 48.7 Å². The molecule has 0 aliphatic carbocycles. The van der Waals surface area contributed by atoms with Crippen LogP contribution in [0.4, 0.5) is 21.6 Å². The minimum absolute atomic E-state index is 0.0199. The molecule has 0 fully saturated rings. The number of benzene rings is 2. The Hall–Kier alpha value is -4.51. The Bertz CT molecular complexity index is 1620. The number of fused-ring (bicyclic) bond motifs is 4. The topological polar surface area (TPSA) is 148 Å². The highest BCUT2D eigenvalue weighted by Crippen LogP contribution is 2.36. The number of aromatic carboxylic acids is 1. The van der Waals surface area contributed by atoms with E-state index in [1.807, 2.05) is 13.0 Å². The van der Waals surface area contributed by atoms with Crippen molar-refractivity contribution in [3.05, 3.63) is 76.5 Å². The molecule has 1 aliphatic rings. The number of nitrogens with zero attached hydrogens (tertiary/aromatic N) is 4. The standard InChI is InChI=1S/C28H27ClFN7O3/c1-14-5-3-7-21(33-26-15(2)37(36-35-26)24-8-4-6-19(29)25(24)30)23-11-16(9-10-32-23)17-12-18(28(39)40)20(31)13-22(17)34-27(14)38/h4,6,8-14,21,33H,3,5,7,31H2,1-2H3,(H,34,38)(H,39,40)/t14-,21+/m1/s1. The maximum Gasteiger partial charge on any atom is 0.337 e. The smallest absolute Gasteiger partial charge is 0.337 e. The van der Waals surface area contributed by atoms with E-state index >= 15 is 0 Å². The van der Waals surface area contributed by atoms with Gasteiger partial charge >= 0.3 is 5.97 Å². The molecule has 1 aliphatic heterocycles. The van der Waals surface area contributed by atoms with Gasteiger partial charge in [-0.3, -0.25) is 9.78 Å². The van der Waals surface area contributed by atoms with Crippen molar-refractivity contribution in [2.24, 2.45) is 5.92 Å². The van der Waals surface area contributed by atoms with E-state index in [-0.39, 0.29) is 39.8 Å². The second kappa shape index (κ2) is 10.9. The zero-order valence-electron chi connectivity index (χ0n) is 21.8. The van der Waals surface area contributed by atoms with E-state index in [1.54, 1.807) is 31.3 Å². The third kappa shape index (κ3) is 5.20. The van der Waals surface area contributed by atoms with Gasteiger partial charge in [0.25, 0.3) is 0 Å². The van der Waals surface area contributed by atoms with Gasteiger partial charge in [0, 0.05) is 23.4 Å². The predicted molar refractivity (Wildman–Crippen MR) is 150 cm³/mol. The van der Waals surface area contributed by atoms with Gasteiger partial charge in [-0.25, -0.2) is 13.9 Å². The molecule has 4 aromatic rings. The van der Waals surface area contributed by atoms with E-state index in [0.29, 0.717) is 53.3 Å². The third-order valence-corrected chi connectivity index (χ3v) is 7.36. The van der Waals surface area contributed by atoms with E-state index in [2.05, 4.69) is 25.9 Å². The van der Waals surface area contributed by atoms with Gasteiger partial charge in [0.05, 0.1) is 33.7 Å². The second-order valence-corrected chi connectivity index (χ2v) is 10.2. The molecular formula is C28H27ClFN7O3. The van der Waals surface area contributed by atoms with Crippen molar-refractivity contribution in [1.29, 1.82) is 0 Å². The number of nitrogen functional groups attached to an aromatic ring is 1. The summed E-state index contributed by atoms with van der Waals surface area (Å²) in [6.45, 7) is 3.60. The summed E-state index contributed by atoms with van der Waals surface area (Å²) in [5.74, 6) is -1.83. The summed E-state index contributed by atoms with van der Waals surface area (Å²) in [4.78, 5) is 29.4. The molecule has 2 aromatic heterocycles. The number of hydrogen-bond donors (Lipinski definition) is 4. The molecule has 2 aromatic carbocycles. The molecule has 3 heterocycles. The Labute approximate surface area is 234 Å². The zero-order chi connectivity index (χ0) is 28.6. The second-order valence-electron chi connectivity index (χ2n) is 9.79. The van der Waals surface area contributed by atoms with E-state index in [1.165, 1.54) is 22.9 Å². The molecule has 0 spiro atoms. The number of anilines is 3. The summed E-state index contributed by atoms with van der Waals surface area (Å²) in [5.41, 5.74) is 9.00. The molecular weight excluding hydrogens is 537 g/mol. The highest BCUT2D eigenvalue weighted by Gasteiger charge is 2.24. The highest BCUT2D eigenvalue weighted by molar-refractivity contribution is 6.30. The predicted octanol–water partition coefficient (Wildman–Crippen LogP) is 5.62. The summed E-state index contributed by atoms with van der Waals surface area (Å²) in [6, 6.07) is 10.8. The van der Waals surface area contributed by atoms with Crippen LogP contribution in [-0.2, 0) is 4.79 Å². The number of aromatic nitrogens is 4. The molecule has 0 saturated heterocycles. The lowest BCUT2D eigenvalue weighted by molar-refractivity contribution is -0.119. The number of pyridine rings is 1. The molecule has 10 nitrogen and oxygen atoms in total. The number of carbonyl (C=O) groups excluding carboxylic acids is 1. The van der Waals surface area contributed by atoms with Gasteiger partial charge in [-0.15, -0.1) is 5.10 Å². The maximum absolute atomic E-state index is 14.7. The van der Waals surface area contributed by atoms with Crippen molar-refractivity contribution in [2.45, 2.75) is 39.2 Å². The normalized spacial score (nSPS) is 17.2. The fourth-order valence-electron chi connectivity index (χ4n) is 4.77. The number of rotatable bonds is 4. The van der Waals surface area contributed by atoms with E-state index in [9.17, 15) is 19.1 Å². The summed E-state index contributed by atoms with van der Waals surface area (Å²) >= 11 is 5.97. The Morgan fingerprint density at radius 2 is 2.05 bits per heavy atom. The minimum Gasteiger partial charge on any atom is -0.478 e. The summed E-state index contributed by atoms with van der Waals surface area (Å²) < 4.78 is 16.1. The van der Waals surface area contributed by atoms with Crippen LogP contribution in [0.25, 0.3) is 16.8 Å². The number of carbonyl (C=O) groups is 2. The number of amides is 1. The SMILES string of the molecule is Cc1c(N[C@H]2CCC[C@@H](C)C(=O)Nc3cc(N)c(C(=O)O)cc3-c3ccnc2c3)nnn1-c1cccc(Cl)c1F. The Kier molecular flexibility index (Phi) is 7.40. The van der Waals surface area contributed by atoms with Crippen molar-refractivity contribution in [1.82, 2.24) is 20.0 Å². The molecule has 0 saturated carbocycles. The van der Waals surface area contributed by atoms with Crippen molar-refractivity contribution in [3.63, 3.8) is 0 Å². The van der Waals surface area contributed by atoms with Gasteiger partial charge < -0.3 is 21.5 Å². The van der Waals surface area contributed by atoms with E-state index in [4.69, 9.17) is 17.3 Å². The maximum atomic E-state index is 14.7. The van der Waals surface area contributed by atoms with Crippen LogP contribution in [0.1, 0.15) is 54.0 Å². The van der Waals surface area contributed by atoms with Gasteiger partial charge in [-0.05, 0) is 61.7 Å². The van der Waals surface area contributed by atoms with Crippen molar-refractivity contribution < 1.29 is 19.1 Å². The number of carboxylic acid groups (broad SMARTS) is 1. The van der Waals surface area contributed by atoms with Gasteiger partial charge in [0.2, 0.25) is 5.91 Å². The number of nitrogens with one attached hydrogen (secondary N) is 2. The van der Waals surface area contributed by atoms with Gasteiger partial charge in [-0.2, -0.15) is 0 Å². The fraction of sp³-hybridized carbons (Fsp3) is 0.250. The Morgan fingerprint density at radius 3 is 2.83 bits per heavy atom. The van der Waals surface area contributed by atoms with Crippen molar-refractivity contribution >= 4 is 40.7 Å². The average molecular weight is 564 g/mol. The molecule has 5 rings (SSSR count). The summed E-state index contributed by atoms with van der Waals surface area (Å²) in [6.07, 6.45) is 3.53. The van der Waals surface area contributed by atoms with Crippen LogP contribution in [0.2, 0.25) is 5.02 Å². The molecule has 2 bridgehead atoms. The lowest BCUT2D eigenvalue weighted by Gasteiger charge is -2.22. The zero-order valence-corrected chi connectivity index (χ0v) is 22.5. The van der Waals surface area contributed by atoms with Crippen LogP contribution >= 0.6 is 11.6 Å². The van der Waals surface area contributed by atoms with Crippen LogP contribution in [0.5, 0.6) is 0 Å². The van der Waals surface area contributed by atoms with Crippen molar-refractivity contribution in [3.8, 4) is 16.8 Å². The molecule has 206 valence electrons. The lowest BCUT2D eigenvalue weighted by atomic mass is 9.94. The minimum atomic E-state index is -1.17. The van der Waals surface area contributed by atoms with Crippen LogP contribution in [0.3, 0.4) is 0 Å². The molecule has 40 heavy (non-hydrogen) atoms. The van der Waals surface area contributed by atoms with Crippen LogP contribution in [0, 0.1) is 18.7 Å². The first-order valence-corrected chi connectivity index (χ1v) is 13.1. The van der Waals surface area contributed by atoms with Crippen LogP contribution in [-0.4, -0.2) is 37.0 Å². The number of nitrogens with two attached hydrogens (primary N) is 1.